The number of nitrogens with one attached hydrogen (secondary N) is 1. The smallest absolute Gasteiger partial charge is 0.118 e. The Hall–Kier alpha value is -1.06. The molecule has 3 nitrogen and oxygen atoms in total. The van der Waals surface area contributed by atoms with E-state index in [0.717, 1.165) is 31.8 Å². The van der Waals surface area contributed by atoms with Crippen LogP contribution in [-0.4, -0.2) is 32.4 Å². The van der Waals surface area contributed by atoms with Crippen LogP contribution >= 0.6 is 0 Å². The van der Waals surface area contributed by atoms with E-state index in [2.05, 4.69) is 24.4 Å². The third-order valence-electron chi connectivity index (χ3n) is 3.15. The molecule has 0 saturated carbocycles. The maximum Gasteiger partial charge on any atom is 0.118 e. The summed E-state index contributed by atoms with van der Waals surface area (Å²) >= 11 is 0. The van der Waals surface area contributed by atoms with Crippen LogP contribution in [0.1, 0.15) is 18.9 Å². The van der Waals surface area contributed by atoms with E-state index in [1.165, 1.54) is 5.56 Å². The number of hydrogen-bond donors (Lipinski definition) is 1. The van der Waals surface area contributed by atoms with Gasteiger partial charge in [-0.05, 0) is 37.5 Å². The van der Waals surface area contributed by atoms with Crippen LogP contribution in [0.5, 0.6) is 5.75 Å². The zero-order valence-corrected chi connectivity index (χ0v) is 10.6. The van der Waals surface area contributed by atoms with E-state index < -0.39 is 0 Å². The molecule has 2 atom stereocenters. The number of aryl methyl sites for hydroxylation is 1. The number of methoxy groups -OCH3 is 1. The van der Waals surface area contributed by atoms with Gasteiger partial charge in [-0.1, -0.05) is 12.1 Å². The fraction of sp³-hybridized carbons (Fsp3) is 0.571. The lowest BCUT2D eigenvalue weighted by atomic mass is 10.0. The molecular weight excluding hydrogens is 214 g/mol. The van der Waals surface area contributed by atoms with Crippen molar-refractivity contribution in [2.45, 2.75) is 31.8 Å². The van der Waals surface area contributed by atoms with Gasteiger partial charge in [-0.15, -0.1) is 0 Å². The van der Waals surface area contributed by atoms with E-state index in [-0.39, 0.29) is 0 Å². The van der Waals surface area contributed by atoms with Gasteiger partial charge in [-0.3, -0.25) is 0 Å². The van der Waals surface area contributed by atoms with Gasteiger partial charge >= 0.3 is 0 Å². The summed E-state index contributed by atoms with van der Waals surface area (Å²) in [6, 6.07) is 9.26. The Kier molecular flexibility index (Phi) is 4.40. The van der Waals surface area contributed by atoms with Crippen molar-refractivity contribution >= 4 is 0 Å². The second-order valence-electron chi connectivity index (χ2n) is 4.69. The third kappa shape index (κ3) is 3.72. The molecule has 2 unspecified atom stereocenters. The molecule has 1 aromatic rings. The van der Waals surface area contributed by atoms with Crippen molar-refractivity contribution in [2.75, 3.05) is 20.3 Å². The predicted octanol–water partition coefficient (Wildman–Crippen LogP) is 2.00. The van der Waals surface area contributed by atoms with Crippen LogP contribution in [-0.2, 0) is 11.2 Å². The van der Waals surface area contributed by atoms with Crippen molar-refractivity contribution < 1.29 is 9.47 Å². The van der Waals surface area contributed by atoms with Crippen LogP contribution in [0.2, 0.25) is 0 Å². The van der Waals surface area contributed by atoms with E-state index in [0.29, 0.717) is 12.1 Å². The first kappa shape index (κ1) is 12.4. The number of hydrogen-bond acceptors (Lipinski definition) is 3. The minimum atomic E-state index is 0.476. The zero-order valence-electron chi connectivity index (χ0n) is 10.6. The van der Waals surface area contributed by atoms with Gasteiger partial charge in [-0.25, -0.2) is 0 Å². The van der Waals surface area contributed by atoms with Crippen molar-refractivity contribution in [3.63, 3.8) is 0 Å². The molecule has 17 heavy (non-hydrogen) atoms. The topological polar surface area (TPSA) is 30.5 Å². The second-order valence-corrected chi connectivity index (χ2v) is 4.69. The highest BCUT2D eigenvalue weighted by Crippen LogP contribution is 2.14. The minimum Gasteiger partial charge on any atom is -0.497 e. The molecule has 1 aliphatic heterocycles. The van der Waals surface area contributed by atoms with Gasteiger partial charge in [0.1, 0.15) is 5.75 Å². The van der Waals surface area contributed by atoms with E-state index in [1.54, 1.807) is 7.11 Å². The number of benzene rings is 1. The fourth-order valence-electron chi connectivity index (χ4n) is 2.19. The summed E-state index contributed by atoms with van der Waals surface area (Å²) in [6.07, 6.45) is 2.20. The average molecular weight is 235 g/mol. The molecule has 1 fully saturated rings. The standard InChI is InChI=1S/C14H21NO2/c1-11-9-17-10-13(15-11)6-3-12-4-7-14(16-2)8-5-12/h4-5,7-8,11,13,15H,3,6,9-10H2,1-2H3. The van der Waals surface area contributed by atoms with Crippen molar-refractivity contribution in [1.29, 1.82) is 0 Å². The Morgan fingerprint density at radius 2 is 2.06 bits per heavy atom. The molecule has 0 aromatic heterocycles. The molecular formula is C14H21NO2. The van der Waals surface area contributed by atoms with E-state index in [9.17, 15) is 0 Å². The maximum absolute atomic E-state index is 5.54. The molecule has 1 N–H and O–H groups in total. The van der Waals surface area contributed by atoms with Crippen LogP contribution in [0.25, 0.3) is 0 Å². The SMILES string of the molecule is COc1ccc(CCC2COCC(C)N2)cc1. The van der Waals surface area contributed by atoms with Gasteiger partial charge < -0.3 is 14.8 Å². The second kappa shape index (κ2) is 6.03. The predicted molar refractivity (Wildman–Crippen MR) is 68.5 cm³/mol. The molecule has 3 heteroatoms. The molecule has 0 spiro atoms. The highest BCUT2D eigenvalue weighted by molar-refractivity contribution is 5.27. The van der Waals surface area contributed by atoms with Gasteiger partial charge in [0, 0.05) is 12.1 Å². The van der Waals surface area contributed by atoms with Crippen LogP contribution in [0.15, 0.2) is 24.3 Å². The summed E-state index contributed by atoms with van der Waals surface area (Å²) in [7, 11) is 1.69. The normalized spacial score (nSPS) is 24.6. The minimum absolute atomic E-state index is 0.476. The van der Waals surface area contributed by atoms with Crippen LogP contribution in [0.4, 0.5) is 0 Å². The van der Waals surface area contributed by atoms with E-state index in [4.69, 9.17) is 9.47 Å². The van der Waals surface area contributed by atoms with Crippen molar-refractivity contribution in [1.82, 2.24) is 5.32 Å². The molecule has 0 amide bonds. The summed E-state index contributed by atoms with van der Waals surface area (Å²) in [6.45, 7) is 3.83. The first-order chi connectivity index (χ1) is 8.28. The third-order valence-corrected chi connectivity index (χ3v) is 3.15. The van der Waals surface area contributed by atoms with E-state index in [1.807, 2.05) is 12.1 Å². The molecule has 2 rings (SSSR count). The van der Waals surface area contributed by atoms with Crippen molar-refractivity contribution in [3.8, 4) is 5.75 Å². The molecule has 94 valence electrons. The zero-order chi connectivity index (χ0) is 12.1. The van der Waals surface area contributed by atoms with Crippen molar-refractivity contribution in [2.24, 2.45) is 0 Å². The lowest BCUT2D eigenvalue weighted by Crippen LogP contribution is -2.47. The lowest BCUT2D eigenvalue weighted by Gasteiger charge is -2.29. The summed E-state index contributed by atoms with van der Waals surface area (Å²) < 4.78 is 10.7. The highest BCUT2D eigenvalue weighted by atomic mass is 16.5. The van der Waals surface area contributed by atoms with Gasteiger partial charge in [0.05, 0.1) is 20.3 Å². The number of ether oxygens (including phenoxy) is 2. The van der Waals surface area contributed by atoms with E-state index >= 15 is 0 Å². The molecule has 1 aromatic carbocycles. The highest BCUT2D eigenvalue weighted by Gasteiger charge is 2.17. The first-order valence-corrected chi connectivity index (χ1v) is 6.24. The van der Waals surface area contributed by atoms with Crippen LogP contribution in [0, 0.1) is 0 Å². The summed E-state index contributed by atoms with van der Waals surface area (Å²) in [5, 5.41) is 3.56. The summed E-state index contributed by atoms with van der Waals surface area (Å²) in [5.74, 6) is 0.918. The monoisotopic (exact) mass is 235 g/mol. The van der Waals surface area contributed by atoms with Gasteiger partial charge in [-0.2, -0.15) is 0 Å². The Balaban J connectivity index is 1.80. The van der Waals surface area contributed by atoms with Gasteiger partial charge in [0.2, 0.25) is 0 Å². The molecule has 1 saturated heterocycles. The van der Waals surface area contributed by atoms with Gasteiger partial charge in [0.15, 0.2) is 0 Å². The van der Waals surface area contributed by atoms with Crippen LogP contribution in [0.3, 0.4) is 0 Å². The summed E-state index contributed by atoms with van der Waals surface area (Å²) in [5.41, 5.74) is 1.35. The number of morpholine rings is 1. The lowest BCUT2D eigenvalue weighted by molar-refractivity contribution is 0.0483. The molecule has 1 aliphatic rings. The Morgan fingerprint density at radius 1 is 1.29 bits per heavy atom. The summed E-state index contributed by atoms with van der Waals surface area (Å²) in [4.78, 5) is 0. The Labute approximate surface area is 103 Å². The average Bonchev–Trinajstić information content (AvgIpc) is 2.37. The molecule has 0 bridgehead atoms. The largest absolute Gasteiger partial charge is 0.497 e. The molecule has 0 aliphatic carbocycles. The molecule has 0 radical (unpaired) electrons. The first-order valence-electron chi connectivity index (χ1n) is 6.24. The van der Waals surface area contributed by atoms with Crippen molar-refractivity contribution in [3.05, 3.63) is 29.8 Å². The fourth-order valence-corrected chi connectivity index (χ4v) is 2.19. The van der Waals surface area contributed by atoms with Gasteiger partial charge in [0.25, 0.3) is 0 Å². The van der Waals surface area contributed by atoms with Crippen LogP contribution < -0.4 is 10.1 Å². The quantitative estimate of drug-likeness (QED) is 0.866. The molecule has 1 heterocycles. The Morgan fingerprint density at radius 3 is 2.71 bits per heavy atom. The number of rotatable bonds is 4. The maximum atomic E-state index is 5.54. The Bertz CT molecular complexity index is 337.